The normalized spacial score (nSPS) is 13.4. The monoisotopic (exact) mass is 435 g/mol. The third-order valence-corrected chi connectivity index (χ3v) is 7.37. The zero-order chi connectivity index (χ0) is 23.4. The van der Waals surface area contributed by atoms with Crippen LogP contribution in [0.2, 0.25) is 0 Å². The Kier molecular flexibility index (Phi) is 4.48. The van der Waals surface area contributed by atoms with Crippen molar-refractivity contribution >= 4 is 10.8 Å². The summed E-state index contributed by atoms with van der Waals surface area (Å²) in [5.74, 6) is 0. The van der Waals surface area contributed by atoms with E-state index in [2.05, 4.69) is 118 Å². The van der Waals surface area contributed by atoms with Crippen molar-refractivity contribution in [3.05, 3.63) is 119 Å². The SMILES string of the molecule is Cc1ccc(-c2ccc3ccc(-c4cccc5c4-c4ccc(C#N)cc4C5(C)C)cc3c2)cc1. The van der Waals surface area contributed by atoms with Gasteiger partial charge in [0.1, 0.15) is 0 Å². The predicted molar refractivity (Wildman–Crippen MR) is 142 cm³/mol. The van der Waals surface area contributed by atoms with Crippen LogP contribution in [0, 0.1) is 18.3 Å². The molecule has 6 rings (SSSR count). The molecule has 0 aliphatic heterocycles. The molecule has 1 nitrogen and oxygen atoms in total. The van der Waals surface area contributed by atoms with E-state index in [-0.39, 0.29) is 5.41 Å². The molecule has 0 spiro atoms. The minimum atomic E-state index is -0.136. The van der Waals surface area contributed by atoms with Gasteiger partial charge in [-0.2, -0.15) is 5.26 Å². The van der Waals surface area contributed by atoms with Gasteiger partial charge in [-0.15, -0.1) is 0 Å². The molecule has 0 radical (unpaired) electrons. The summed E-state index contributed by atoms with van der Waals surface area (Å²) >= 11 is 0. The Morgan fingerprint density at radius 3 is 2.09 bits per heavy atom. The Hall–Kier alpha value is -4.15. The molecule has 0 bridgehead atoms. The molecule has 1 heteroatoms. The second kappa shape index (κ2) is 7.44. The van der Waals surface area contributed by atoms with Crippen molar-refractivity contribution in [2.24, 2.45) is 0 Å². The quantitative estimate of drug-likeness (QED) is 0.272. The Bertz CT molecular complexity index is 1630. The van der Waals surface area contributed by atoms with Crippen LogP contribution in [0.1, 0.15) is 36.1 Å². The summed E-state index contributed by atoms with van der Waals surface area (Å²) in [5, 5.41) is 11.9. The molecule has 0 fully saturated rings. The molecule has 34 heavy (non-hydrogen) atoms. The van der Waals surface area contributed by atoms with E-state index in [0.29, 0.717) is 0 Å². The average Bonchev–Trinajstić information content (AvgIpc) is 3.10. The lowest BCUT2D eigenvalue weighted by molar-refractivity contribution is 0.660. The van der Waals surface area contributed by atoms with Crippen LogP contribution < -0.4 is 0 Å². The Labute approximate surface area is 200 Å². The van der Waals surface area contributed by atoms with Gasteiger partial charge in [0.2, 0.25) is 0 Å². The highest BCUT2D eigenvalue weighted by molar-refractivity contribution is 5.96. The first-order valence-corrected chi connectivity index (χ1v) is 11.8. The van der Waals surface area contributed by atoms with E-state index in [9.17, 15) is 5.26 Å². The average molecular weight is 436 g/mol. The van der Waals surface area contributed by atoms with Crippen LogP contribution in [0.5, 0.6) is 0 Å². The summed E-state index contributed by atoms with van der Waals surface area (Å²) in [7, 11) is 0. The highest BCUT2D eigenvalue weighted by Crippen LogP contribution is 2.52. The summed E-state index contributed by atoms with van der Waals surface area (Å²) in [6, 6.07) is 37.3. The summed E-state index contributed by atoms with van der Waals surface area (Å²) in [5.41, 5.74) is 11.9. The molecule has 0 amide bonds. The molecule has 162 valence electrons. The Morgan fingerprint density at radius 2 is 1.32 bits per heavy atom. The summed E-state index contributed by atoms with van der Waals surface area (Å²) in [4.78, 5) is 0. The number of hydrogen-bond donors (Lipinski definition) is 0. The van der Waals surface area contributed by atoms with Crippen LogP contribution in [0.4, 0.5) is 0 Å². The molecule has 0 saturated heterocycles. The number of rotatable bonds is 2. The molecule has 5 aromatic rings. The molecule has 0 unspecified atom stereocenters. The van der Waals surface area contributed by atoms with E-state index in [1.807, 2.05) is 6.07 Å². The van der Waals surface area contributed by atoms with Crippen molar-refractivity contribution in [1.29, 1.82) is 5.26 Å². The van der Waals surface area contributed by atoms with Crippen molar-refractivity contribution in [2.45, 2.75) is 26.2 Å². The van der Waals surface area contributed by atoms with Crippen molar-refractivity contribution < 1.29 is 0 Å². The molecule has 5 aromatic carbocycles. The first-order chi connectivity index (χ1) is 16.5. The number of nitrogens with zero attached hydrogens (tertiary/aromatic N) is 1. The van der Waals surface area contributed by atoms with Crippen LogP contribution >= 0.6 is 0 Å². The van der Waals surface area contributed by atoms with E-state index in [4.69, 9.17) is 0 Å². The number of fused-ring (bicyclic) bond motifs is 4. The van der Waals surface area contributed by atoms with Gasteiger partial charge in [0.15, 0.2) is 0 Å². The highest BCUT2D eigenvalue weighted by Gasteiger charge is 2.37. The predicted octanol–water partition coefficient (Wildman–Crippen LogP) is 8.66. The molecule has 0 N–H and O–H groups in total. The molecule has 1 aliphatic rings. The molecule has 1 aliphatic carbocycles. The van der Waals surface area contributed by atoms with Crippen LogP contribution in [0.15, 0.2) is 97.1 Å². The van der Waals surface area contributed by atoms with Crippen LogP contribution in [0.25, 0.3) is 44.2 Å². The second-order valence-corrected chi connectivity index (χ2v) is 9.87. The van der Waals surface area contributed by atoms with Crippen molar-refractivity contribution in [3.8, 4) is 39.4 Å². The highest BCUT2D eigenvalue weighted by atomic mass is 14.4. The van der Waals surface area contributed by atoms with E-state index in [1.54, 1.807) is 0 Å². The third-order valence-electron chi connectivity index (χ3n) is 7.37. The lowest BCUT2D eigenvalue weighted by atomic mass is 9.81. The Morgan fingerprint density at radius 1 is 0.618 bits per heavy atom. The van der Waals surface area contributed by atoms with Gasteiger partial charge in [-0.05, 0) is 86.5 Å². The smallest absolute Gasteiger partial charge is 0.0991 e. The Balaban J connectivity index is 1.53. The van der Waals surface area contributed by atoms with E-state index in [0.717, 1.165) is 5.56 Å². The number of hydrogen-bond acceptors (Lipinski definition) is 1. The van der Waals surface area contributed by atoms with Gasteiger partial charge in [0, 0.05) is 5.41 Å². The maximum absolute atomic E-state index is 9.46. The van der Waals surface area contributed by atoms with Gasteiger partial charge in [-0.1, -0.05) is 92.2 Å². The van der Waals surface area contributed by atoms with Crippen molar-refractivity contribution in [2.75, 3.05) is 0 Å². The minimum absolute atomic E-state index is 0.136. The maximum Gasteiger partial charge on any atom is 0.0991 e. The number of aryl methyl sites for hydroxylation is 1. The summed E-state index contributed by atoms with van der Waals surface area (Å²) in [6.07, 6.45) is 0. The molecular weight excluding hydrogens is 410 g/mol. The van der Waals surface area contributed by atoms with Crippen LogP contribution in [0.3, 0.4) is 0 Å². The number of benzene rings is 5. The fourth-order valence-corrected chi connectivity index (χ4v) is 5.44. The molecule has 0 atom stereocenters. The van der Waals surface area contributed by atoms with Gasteiger partial charge < -0.3 is 0 Å². The van der Waals surface area contributed by atoms with Gasteiger partial charge in [0.05, 0.1) is 11.6 Å². The second-order valence-electron chi connectivity index (χ2n) is 9.87. The largest absolute Gasteiger partial charge is 0.192 e. The van der Waals surface area contributed by atoms with Gasteiger partial charge in [-0.25, -0.2) is 0 Å². The summed E-state index contributed by atoms with van der Waals surface area (Å²) < 4.78 is 0. The fraction of sp³-hybridized carbons (Fsp3) is 0.121. The lowest BCUT2D eigenvalue weighted by Gasteiger charge is -2.21. The first kappa shape index (κ1) is 20.5. The molecule has 0 saturated carbocycles. The fourth-order valence-electron chi connectivity index (χ4n) is 5.44. The maximum atomic E-state index is 9.46. The zero-order valence-corrected chi connectivity index (χ0v) is 19.7. The van der Waals surface area contributed by atoms with Gasteiger partial charge in [0.25, 0.3) is 0 Å². The lowest BCUT2D eigenvalue weighted by Crippen LogP contribution is -2.15. The zero-order valence-electron chi connectivity index (χ0n) is 19.7. The minimum Gasteiger partial charge on any atom is -0.192 e. The molecule has 0 aromatic heterocycles. The van der Waals surface area contributed by atoms with Crippen LogP contribution in [-0.2, 0) is 5.41 Å². The first-order valence-electron chi connectivity index (χ1n) is 11.8. The topological polar surface area (TPSA) is 23.8 Å². The standard InChI is InChI=1S/C33H25N/c1-21-7-10-23(11-8-21)25-14-12-24-13-15-26(19-27(24)18-25)28-5-4-6-30-32(28)29-16-9-22(20-34)17-31(29)33(30,2)3/h4-19H,1-3H3. The van der Waals surface area contributed by atoms with Gasteiger partial charge in [-0.3, -0.25) is 0 Å². The third kappa shape index (κ3) is 3.07. The van der Waals surface area contributed by atoms with Crippen molar-refractivity contribution in [3.63, 3.8) is 0 Å². The van der Waals surface area contributed by atoms with Crippen molar-refractivity contribution in [1.82, 2.24) is 0 Å². The van der Waals surface area contributed by atoms with E-state index in [1.165, 1.54) is 60.8 Å². The van der Waals surface area contributed by atoms with Gasteiger partial charge >= 0.3 is 0 Å². The van der Waals surface area contributed by atoms with E-state index >= 15 is 0 Å². The molecular formula is C33H25N. The molecule has 0 heterocycles. The van der Waals surface area contributed by atoms with Crippen LogP contribution in [-0.4, -0.2) is 0 Å². The number of nitriles is 1. The van der Waals surface area contributed by atoms with E-state index < -0.39 is 0 Å². The summed E-state index contributed by atoms with van der Waals surface area (Å²) in [6.45, 7) is 6.64.